The molecule has 32 heavy (non-hydrogen) atoms. The van der Waals surface area contributed by atoms with Crippen molar-refractivity contribution in [3.8, 4) is 0 Å². The first-order valence-electron chi connectivity index (χ1n) is 10.6. The standard InChI is InChI=1S/C18H31N7O6S/c19-15(3-1-13-2-4-17(26)25(13)31-32(27,28)29)16-11-14(30-23-16)5-8-22-12-6-9-24(10-7-12)18(20)21/h11-13,15,22H,1-10,19H2,(H3,20,21)(H,27,28,29)/t13-,15+/m1/s1. The van der Waals surface area contributed by atoms with Crippen molar-refractivity contribution in [3.63, 3.8) is 0 Å². The van der Waals surface area contributed by atoms with Gasteiger partial charge in [0.1, 0.15) is 11.5 Å². The fraction of sp³-hybridized carbons (Fsp3) is 0.722. The first-order chi connectivity index (χ1) is 15.1. The highest BCUT2D eigenvalue weighted by molar-refractivity contribution is 7.80. The van der Waals surface area contributed by atoms with Crippen molar-refractivity contribution in [1.29, 1.82) is 5.41 Å². The third-order valence-corrected chi connectivity index (χ3v) is 6.20. The number of carbonyl (C=O) groups excluding carboxylic acids is 1. The third-order valence-electron chi connectivity index (χ3n) is 5.85. The van der Waals surface area contributed by atoms with Gasteiger partial charge in [-0.2, -0.15) is 13.5 Å². The van der Waals surface area contributed by atoms with Crippen LogP contribution in [0.25, 0.3) is 0 Å². The number of hydroxylamine groups is 2. The lowest BCUT2D eigenvalue weighted by molar-refractivity contribution is -0.157. The number of nitrogens with two attached hydrogens (primary N) is 2. The smallest absolute Gasteiger partial charge is 0.370 e. The Morgan fingerprint density at radius 2 is 2.12 bits per heavy atom. The molecule has 2 atom stereocenters. The topological polar surface area (TPSA) is 201 Å². The van der Waals surface area contributed by atoms with Crippen LogP contribution in [0.15, 0.2) is 10.6 Å². The monoisotopic (exact) mass is 473 g/mol. The molecule has 2 aliphatic heterocycles. The van der Waals surface area contributed by atoms with Gasteiger partial charge >= 0.3 is 10.4 Å². The second-order valence-corrected chi connectivity index (χ2v) is 9.17. The van der Waals surface area contributed by atoms with E-state index >= 15 is 0 Å². The Labute approximate surface area is 186 Å². The zero-order valence-corrected chi connectivity index (χ0v) is 18.6. The first-order valence-corrected chi connectivity index (χ1v) is 12.0. The molecule has 0 aliphatic carbocycles. The second kappa shape index (κ2) is 10.6. The number of rotatable bonds is 10. The number of piperidine rings is 1. The lowest BCUT2D eigenvalue weighted by Crippen LogP contribution is -2.47. The van der Waals surface area contributed by atoms with Gasteiger partial charge in [-0.25, -0.2) is 0 Å². The summed E-state index contributed by atoms with van der Waals surface area (Å²) in [5, 5.41) is 15.7. The summed E-state index contributed by atoms with van der Waals surface area (Å²) < 4.78 is 40.5. The van der Waals surface area contributed by atoms with Gasteiger partial charge in [0.25, 0.3) is 0 Å². The minimum Gasteiger partial charge on any atom is -0.370 e. The Hall–Kier alpha value is -2.26. The molecule has 1 amide bonds. The van der Waals surface area contributed by atoms with Gasteiger partial charge in [-0.05, 0) is 32.1 Å². The fourth-order valence-corrected chi connectivity index (χ4v) is 4.46. The lowest BCUT2D eigenvalue weighted by atomic mass is 10.0. The zero-order chi connectivity index (χ0) is 23.3. The molecule has 14 heteroatoms. The molecule has 0 aromatic carbocycles. The molecule has 3 rings (SSSR count). The van der Waals surface area contributed by atoms with Crippen LogP contribution in [-0.2, 0) is 25.9 Å². The fourth-order valence-electron chi connectivity index (χ4n) is 4.05. The molecule has 180 valence electrons. The quantitative estimate of drug-likeness (QED) is 0.169. The van der Waals surface area contributed by atoms with Crippen molar-refractivity contribution < 1.29 is 26.6 Å². The van der Waals surface area contributed by atoms with Gasteiger partial charge in [-0.3, -0.25) is 14.8 Å². The Morgan fingerprint density at radius 3 is 2.78 bits per heavy atom. The van der Waals surface area contributed by atoms with Crippen molar-refractivity contribution in [1.82, 2.24) is 20.4 Å². The maximum atomic E-state index is 11.8. The highest BCUT2D eigenvalue weighted by Gasteiger charge is 2.35. The maximum Gasteiger partial charge on any atom is 0.418 e. The molecule has 0 saturated carbocycles. The normalized spacial score (nSPS) is 21.3. The van der Waals surface area contributed by atoms with E-state index in [2.05, 4.69) is 14.8 Å². The predicted octanol–water partition coefficient (Wildman–Crippen LogP) is -0.330. The van der Waals surface area contributed by atoms with Gasteiger partial charge in [0.2, 0.25) is 5.91 Å². The summed E-state index contributed by atoms with van der Waals surface area (Å²) in [7, 11) is -4.76. The number of carbonyl (C=O) groups is 1. The highest BCUT2D eigenvalue weighted by atomic mass is 32.3. The number of nitrogens with one attached hydrogen (secondary N) is 2. The number of nitrogens with zero attached hydrogens (tertiary/aromatic N) is 3. The van der Waals surface area contributed by atoms with Crippen LogP contribution in [0, 0.1) is 5.41 Å². The molecular weight excluding hydrogens is 442 g/mol. The van der Waals surface area contributed by atoms with Gasteiger partial charge in [0, 0.05) is 44.6 Å². The van der Waals surface area contributed by atoms with Gasteiger partial charge in [-0.15, -0.1) is 4.28 Å². The molecule has 0 unspecified atom stereocenters. The summed E-state index contributed by atoms with van der Waals surface area (Å²) in [6, 6.07) is 1.24. The number of amides is 1. The summed E-state index contributed by atoms with van der Waals surface area (Å²) in [5.74, 6) is 0.327. The Morgan fingerprint density at radius 1 is 1.41 bits per heavy atom. The van der Waals surface area contributed by atoms with Crippen LogP contribution in [0.2, 0.25) is 0 Å². The molecule has 0 spiro atoms. The predicted molar refractivity (Wildman–Crippen MR) is 113 cm³/mol. The summed E-state index contributed by atoms with van der Waals surface area (Å²) in [6.45, 7) is 2.27. The van der Waals surface area contributed by atoms with E-state index in [0.717, 1.165) is 32.5 Å². The summed E-state index contributed by atoms with van der Waals surface area (Å²) in [4.78, 5) is 13.6. The van der Waals surface area contributed by atoms with Crippen LogP contribution >= 0.6 is 0 Å². The van der Waals surface area contributed by atoms with Crippen LogP contribution in [-0.4, -0.2) is 71.7 Å². The van der Waals surface area contributed by atoms with Gasteiger partial charge < -0.3 is 26.2 Å². The molecule has 7 N–H and O–H groups in total. The van der Waals surface area contributed by atoms with E-state index in [4.69, 9.17) is 26.0 Å². The van der Waals surface area contributed by atoms with Crippen LogP contribution in [0.3, 0.4) is 0 Å². The highest BCUT2D eigenvalue weighted by Crippen LogP contribution is 2.27. The average Bonchev–Trinajstić information content (AvgIpc) is 3.33. The second-order valence-electron chi connectivity index (χ2n) is 8.17. The van der Waals surface area contributed by atoms with Crippen LogP contribution < -0.4 is 16.8 Å². The van der Waals surface area contributed by atoms with E-state index in [-0.39, 0.29) is 12.4 Å². The number of hydrogen-bond acceptors (Lipinski definition) is 9. The molecule has 2 saturated heterocycles. The molecule has 0 radical (unpaired) electrons. The minimum atomic E-state index is -4.76. The Bertz CT molecular complexity index is 899. The number of aromatic nitrogens is 1. The van der Waals surface area contributed by atoms with Crippen LogP contribution in [0.1, 0.15) is 56.0 Å². The minimum absolute atomic E-state index is 0.118. The number of guanidine groups is 1. The summed E-state index contributed by atoms with van der Waals surface area (Å²) in [6.07, 6.45) is 3.89. The van der Waals surface area contributed by atoms with E-state index in [1.54, 1.807) is 6.07 Å². The Balaban J connectivity index is 1.40. The third kappa shape index (κ3) is 6.87. The number of likely N-dealkylation sites (tertiary alicyclic amines) is 1. The largest absolute Gasteiger partial charge is 0.418 e. The van der Waals surface area contributed by atoms with E-state index in [0.29, 0.717) is 48.2 Å². The van der Waals surface area contributed by atoms with Crippen molar-refractivity contribution in [3.05, 3.63) is 17.5 Å². The van der Waals surface area contributed by atoms with E-state index < -0.39 is 28.4 Å². The molecule has 2 fully saturated rings. The Kier molecular flexibility index (Phi) is 8.05. The van der Waals surface area contributed by atoms with Crippen molar-refractivity contribution in [2.45, 2.75) is 63.1 Å². The molecule has 1 aromatic heterocycles. The van der Waals surface area contributed by atoms with Gasteiger partial charge in [0.15, 0.2) is 5.96 Å². The van der Waals surface area contributed by atoms with Gasteiger partial charge in [-0.1, -0.05) is 5.16 Å². The first kappa shape index (κ1) is 24.4. The summed E-state index contributed by atoms with van der Waals surface area (Å²) in [5.41, 5.74) is 12.3. The molecule has 2 aliphatic rings. The number of hydrogen-bond donors (Lipinski definition) is 5. The zero-order valence-electron chi connectivity index (χ0n) is 17.8. The van der Waals surface area contributed by atoms with Crippen molar-refractivity contribution in [2.75, 3.05) is 19.6 Å². The maximum absolute atomic E-state index is 11.8. The van der Waals surface area contributed by atoms with Crippen molar-refractivity contribution >= 4 is 22.3 Å². The molecule has 0 bridgehead atoms. The van der Waals surface area contributed by atoms with Crippen LogP contribution in [0.4, 0.5) is 0 Å². The van der Waals surface area contributed by atoms with Crippen LogP contribution in [0.5, 0.6) is 0 Å². The molecule has 1 aromatic rings. The van der Waals surface area contributed by atoms with E-state index in [9.17, 15) is 13.2 Å². The molecule has 3 heterocycles. The average molecular weight is 474 g/mol. The summed E-state index contributed by atoms with van der Waals surface area (Å²) >= 11 is 0. The van der Waals surface area contributed by atoms with Crippen molar-refractivity contribution in [2.24, 2.45) is 11.5 Å². The SMILES string of the molecule is N=C(N)N1CCC(NCCc2cc([C@@H](N)CC[C@@H]3CCC(=O)N3OS(=O)(=O)O)no2)CC1. The van der Waals surface area contributed by atoms with E-state index in [1.165, 1.54) is 0 Å². The molecular formula is C18H31N7O6S. The lowest BCUT2D eigenvalue weighted by Gasteiger charge is -2.32. The molecule has 13 nitrogen and oxygen atoms in total. The van der Waals surface area contributed by atoms with Gasteiger partial charge in [0.05, 0.1) is 12.1 Å². The van der Waals surface area contributed by atoms with E-state index in [1.807, 2.05) is 4.90 Å².